The topological polar surface area (TPSA) is 118 Å². The van der Waals surface area contributed by atoms with Gasteiger partial charge in [0.1, 0.15) is 16.4 Å². The molecule has 268 valence electrons. The highest BCUT2D eigenvalue weighted by Gasteiger charge is 2.60. The third kappa shape index (κ3) is 6.43. The first-order valence-corrected chi connectivity index (χ1v) is 18.4. The summed E-state index contributed by atoms with van der Waals surface area (Å²) in [6.45, 7) is 6.38. The van der Waals surface area contributed by atoms with Gasteiger partial charge in [0.25, 0.3) is 15.9 Å². The maximum absolute atomic E-state index is 15.2. The fourth-order valence-corrected chi connectivity index (χ4v) is 8.92. The van der Waals surface area contributed by atoms with Gasteiger partial charge in [-0.3, -0.25) is 9.69 Å². The SMILES string of the molecule is COCCc1ccccc1C1(OC(=O)N2CCN(C3CCN(C)CC3)CC2)C(=O)N(S(=O)(=O)c2ccc(C)cc2OC)c2ccc(OC)cc21. The predicted molar refractivity (Wildman–Crippen MR) is 188 cm³/mol. The van der Waals surface area contributed by atoms with Crippen LogP contribution in [-0.4, -0.2) is 115 Å². The van der Waals surface area contributed by atoms with Gasteiger partial charge in [0.15, 0.2) is 0 Å². The van der Waals surface area contributed by atoms with E-state index in [0.717, 1.165) is 35.8 Å². The van der Waals surface area contributed by atoms with Crippen LogP contribution in [0.1, 0.15) is 35.1 Å². The molecule has 3 heterocycles. The number of aryl methyl sites for hydroxylation is 1. The van der Waals surface area contributed by atoms with Gasteiger partial charge in [-0.05, 0) is 87.8 Å². The molecule has 1 unspecified atom stereocenters. The fourth-order valence-electron chi connectivity index (χ4n) is 7.33. The predicted octanol–water partition coefficient (Wildman–Crippen LogP) is 4.03. The molecule has 3 aliphatic heterocycles. The Morgan fingerprint density at radius 2 is 1.60 bits per heavy atom. The molecule has 3 aromatic rings. The van der Waals surface area contributed by atoms with Crippen molar-refractivity contribution in [3.8, 4) is 11.5 Å². The van der Waals surface area contributed by atoms with Gasteiger partial charge >= 0.3 is 6.09 Å². The van der Waals surface area contributed by atoms with Gasteiger partial charge in [-0.15, -0.1) is 0 Å². The standard InChI is InChI=1S/C37H46N4O8S/c1-26-10-13-34(33(24-26)48-5)50(44,45)41-32-12-11-29(47-4)25-31(32)37(35(41)42,30-9-7-6-8-27(30)16-23-46-3)49-36(43)40-21-19-39(20-22-40)28-14-17-38(2)18-15-28/h6-13,24-25,28H,14-23H2,1-5H3. The molecule has 6 rings (SSSR count). The quantitative estimate of drug-likeness (QED) is 0.306. The minimum atomic E-state index is -4.60. The van der Waals surface area contributed by atoms with Crippen molar-refractivity contribution in [3.63, 3.8) is 0 Å². The second kappa shape index (κ2) is 14.6. The largest absolute Gasteiger partial charge is 0.497 e. The van der Waals surface area contributed by atoms with Crippen LogP contribution in [0, 0.1) is 6.92 Å². The number of rotatable bonds is 10. The van der Waals surface area contributed by atoms with Crippen molar-refractivity contribution < 1.29 is 37.0 Å². The van der Waals surface area contributed by atoms with Gasteiger partial charge in [-0.25, -0.2) is 13.2 Å². The van der Waals surface area contributed by atoms with E-state index in [2.05, 4.69) is 16.8 Å². The molecule has 0 saturated carbocycles. The molecule has 0 spiro atoms. The summed E-state index contributed by atoms with van der Waals surface area (Å²) >= 11 is 0. The van der Waals surface area contributed by atoms with Gasteiger partial charge in [0.05, 0.1) is 26.5 Å². The smallest absolute Gasteiger partial charge is 0.411 e. The van der Waals surface area contributed by atoms with Crippen molar-refractivity contribution >= 4 is 27.7 Å². The van der Waals surface area contributed by atoms with Crippen molar-refractivity contribution in [3.05, 3.63) is 82.9 Å². The molecular weight excluding hydrogens is 660 g/mol. The molecule has 3 aliphatic rings. The lowest BCUT2D eigenvalue weighted by molar-refractivity contribution is -0.132. The number of carbonyl (C=O) groups excluding carboxylic acids is 2. The number of carbonyl (C=O) groups is 2. The summed E-state index contributed by atoms with van der Waals surface area (Å²) in [5.74, 6) is -0.484. The van der Waals surface area contributed by atoms with Gasteiger partial charge < -0.3 is 28.7 Å². The number of fused-ring (bicyclic) bond motifs is 1. The Bertz CT molecular complexity index is 1840. The monoisotopic (exact) mass is 706 g/mol. The summed E-state index contributed by atoms with van der Waals surface area (Å²) in [5.41, 5.74) is -0.127. The lowest BCUT2D eigenvalue weighted by Crippen LogP contribution is -2.55. The average Bonchev–Trinajstić information content (AvgIpc) is 3.38. The number of anilines is 1. The van der Waals surface area contributed by atoms with E-state index >= 15 is 4.79 Å². The number of likely N-dealkylation sites (tertiary alicyclic amines) is 1. The second-order valence-corrected chi connectivity index (χ2v) is 14.9. The number of benzene rings is 3. The fraction of sp³-hybridized carbons (Fsp3) is 0.459. The van der Waals surface area contributed by atoms with Crippen LogP contribution >= 0.6 is 0 Å². The first-order valence-electron chi connectivity index (χ1n) is 17.0. The number of hydrogen-bond donors (Lipinski definition) is 0. The maximum Gasteiger partial charge on any atom is 0.411 e. The number of hydrogen-bond acceptors (Lipinski definition) is 10. The molecule has 50 heavy (non-hydrogen) atoms. The molecule has 2 fully saturated rings. The van der Waals surface area contributed by atoms with E-state index in [-0.39, 0.29) is 21.9 Å². The molecule has 0 aromatic heterocycles. The Kier molecular flexibility index (Phi) is 10.4. The molecule has 13 heteroatoms. The van der Waals surface area contributed by atoms with E-state index in [1.54, 1.807) is 48.4 Å². The number of ether oxygens (including phenoxy) is 4. The minimum absolute atomic E-state index is 0.0554. The normalized spacial score (nSPS) is 20.5. The van der Waals surface area contributed by atoms with Crippen LogP contribution in [0.5, 0.6) is 11.5 Å². The summed E-state index contributed by atoms with van der Waals surface area (Å²) < 4.78 is 53.0. The van der Waals surface area contributed by atoms with E-state index in [1.807, 2.05) is 19.1 Å². The van der Waals surface area contributed by atoms with Gasteiger partial charge in [0.2, 0.25) is 5.60 Å². The van der Waals surface area contributed by atoms with Crippen LogP contribution in [0.4, 0.5) is 10.5 Å². The number of methoxy groups -OCH3 is 3. The molecule has 12 nitrogen and oxygen atoms in total. The number of amides is 2. The van der Waals surface area contributed by atoms with Crippen LogP contribution in [0.2, 0.25) is 0 Å². The Balaban J connectivity index is 1.45. The van der Waals surface area contributed by atoms with Gasteiger partial charge in [-0.1, -0.05) is 30.3 Å². The Morgan fingerprint density at radius 3 is 2.28 bits per heavy atom. The summed E-state index contributed by atoms with van der Waals surface area (Å²) in [4.78, 5) is 35.7. The zero-order chi connectivity index (χ0) is 35.6. The second-order valence-electron chi connectivity index (χ2n) is 13.1. The lowest BCUT2D eigenvalue weighted by atomic mass is 9.83. The zero-order valence-electron chi connectivity index (χ0n) is 29.4. The third-order valence-electron chi connectivity index (χ3n) is 10.1. The molecule has 0 N–H and O–H groups in total. The van der Waals surface area contributed by atoms with Crippen molar-refractivity contribution in [2.24, 2.45) is 0 Å². The van der Waals surface area contributed by atoms with Gasteiger partial charge in [0, 0.05) is 50.5 Å². The van der Waals surface area contributed by atoms with E-state index in [0.29, 0.717) is 62.1 Å². The zero-order valence-corrected chi connectivity index (χ0v) is 30.2. The van der Waals surface area contributed by atoms with Crippen LogP contribution in [-0.2, 0) is 36.3 Å². The Hall–Kier alpha value is -4.17. The van der Waals surface area contributed by atoms with Crippen molar-refractivity contribution in [2.45, 2.75) is 42.7 Å². The van der Waals surface area contributed by atoms with E-state index in [1.165, 1.54) is 26.4 Å². The van der Waals surface area contributed by atoms with E-state index in [9.17, 15) is 13.2 Å². The Morgan fingerprint density at radius 1 is 0.880 bits per heavy atom. The van der Waals surface area contributed by atoms with Crippen molar-refractivity contribution in [1.29, 1.82) is 0 Å². The highest BCUT2D eigenvalue weighted by Crippen LogP contribution is 2.52. The Labute approximate surface area is 294 Å². The highest BCUT2D eigenvalue weighted by atomic mass is 32.2. The van der Waals surface area contributed by atoms with Crippen LogP contribution < -0.4 is 13.8 Å². The van der Waals surface area contributed by atoms with Crippen molar-refractivity contribution in [1.82, 2.24) is 14.7 Å². The third-order valence-corrected chi connectivity index (χ3v) is 11.9. The van der Waals surface area contributed by atoms with Crippen molar-refractivity contribution in [2.75, 3.05) is 78.6 Å². The van der Waals surface area contributed by atoms with E-state index < -0.39 is 27.6 Å². The number of nitrogens with zero attached hydrogens (tertiary/aromatic N) is 4. The molecule has 2 saturated heterocycles. The number of sulfonamides is 1. The number of piperidine rings is 1. The summed E-state index contributed by atoms with van der Waals surface area (Å²) in [6.07, 6.45) is 1.83. The van der Waals surface area contributed by atoms with E-state index in [4.69, 9.17) is 18.9 Å². The molecule has 0 aliphatic carbocycles. The average molecular weight is 707 g/mol. The lowest BCUT2D eigenvalue weighted by Gasteiger charge is -2.42. The molecule has 3 aromatic carbocycles. The molecule has 0 radical (unpaired) electrons. The maximum atomic E-state index is 15.2. The molecule has 0 bridgehead atoms. The van der Waals surface area contributed by atoms with Gasteiger partial charge in [-0.2, -0.15) is 4.31 Å². The van der Waals surface area contributed by atoms with Crippen LogP contribution in [0.3, 0.4) is 0 Å². The minimum Gasteiger partial charge on any atom is -0.497 e. The summed E-state index contributed by atoms with van der Waals surface area (Å²) in [5, 5.41) is 0. The summed E-state index contributed by atoms with van der Waals surface area (Å²) in [6, 6.07) is 16.9. The van der Waals surface area contributed by atoms with Crippen LogP contribution in [0.25, 0.3) is 0 Å². The molecule has 1 atom stereocenters. The molecular formula is C37H46N4O8S. The summed E-state index contributed by atoms with van der Waals surface area (Å²) in [7, 11) is 1.97. The number of piperazine rings is 1. The highest BCUT2D eigenvalue weighted by molar-refractivity contribution is 7.93. The molecule has 2 amide bonds. The first kappa shape index (κ1) is 35.6. The first-order chi connectivity index (χ1) is 24.0. The van der Waals surface area contributed by atoms with Crippen LogP contribution in [0.15, 0.2) is 65.6 Å².